The predicted octanol–water partition coefficient (Wildman–Crippen LogP) is -0.473. The maximum atomic E-state index is 11.9. The lowest BCUT2D eigenvalue weighted by atomic mass is 10.1. The van der Waals surface area contributed by atoms with Crippen LogP contribution < -0.4 is 5.32 Å². The molecular weight excluding hydrogens is 196 g/mol. The molecule has 0 spiro atoms. The van der Waals surface area contributed by atoms with Crippen LogP contribution >= 0.6 is 0 Å². The molecule has 1 saturated carbocycles. The van der Waals surface area contributed by atoms with Crippen LogP contribution in [0.4, 0.5) is 0 Å². The summed E-state index contributed by atoms with van der Waals surface area (Å²) in [6, 6.07) is -0.681. The number of hydrogen-bond acceptors (Lipinski definition) is 3. The van der Waals surface area contributed by atoms with Gasteiger partial charge in [-0.2, -0.15) is 0 Å². The largest absolute Gasteiger partial charge is 0.480 e. The van der Waals surface area contributed by atoms with Crippen molar-refractivity contribution < 1.29 is 14.7 Å². The molecule has 5 nitrogen and oxygen atoms in total. The monoisotopic (exact) mass is 212 g/mol. The van der Waals surface area contributed by atoms with Gasteiger partial charge in [-0.3, -0.25) is 4.79 Å². The van der Waals surface area contributed by atoms with E-state index in [-0.39, 0.29) is 11.8 Å². The van der Waals surface area contributed by atoms with Crippen LogP contribution in [0.1, 0.15) is 13.3 Å². The van der Waals surface area contributed by atoms with Crippen LogP contribution in [-0.4, -0.2) is 47.6 Å². The van der Waals surface area contributed by atoms with Gasteiger partial charge in [0.25, 0.3) is 0 Å². The van der Waals surface area contributed by atoms with Gasteiger partial charge >= 0.3 is 5.97 Å². The van der Waals surface area contributed by atoms with E-state index in [1.165, 1.54) is 4.90 Å². The lowest BCUT2D eigenvalue weighted by molar-refractivity contribution is -0.151. The highest BCUT2D eigenvalue weighted by Crippen LogP contribution is 2.39. The first-order valence-electron chi connectivity index (χ1n) is 5.35. The first kappa shape index (κ1) is 10.4. The first-order chi connectivity index (χ1) is 7.11. The van der Waals surface area contributed by atoms with Crippen molar-refractivity contribution >= 4 is 11.9 Å². The maximum Gasteiger partial charge on any atom is 0.327 e. The van der Waals surface area contributed by atoms with Crippen LogP contribution in [0, 0.1) is 11.8 Å². The Hall–Kier alpha value is -1.10. The van der Waals surface area contributed by atoms with Crippen LogP contribution in [0.25, 0.3) is 0 Å². The minimum Gasteiger partial charge on any atom is -0.480 e. The highest BCUT2D eigenvalue weighted by atomic mass is 16.4. The van der Waals surface area contributed by atoms with Crippen LogP contribution in [0.2, 0.25) is 0 Å². The Morgan fingerprint density at radius 3 is 2.67 bits per heavy atom. The Morgan fingerprint density at radius 2 is 2.13 bits per heavy atom. The van der Waals surface area contributed by atoms with Gasteiger partial charge in [0.05, 0.1) is 0 Å². The van der Waals surface area contributed by atoms with Crippen molar-refractivity contribution in [2.45, 2.75) is 19.4 Å². The molecule has 0 aromatic rings. The van der Waals surface area contributed by atoms with Crippen molar-refractivity contribution in [1.82, 2.24) is 10.2 Å². The molecular formula is C10H16N2O3. The third kappa shape index (κ3) is 1.97. The SMILES string of the molecule is CC1CC1C(=O)N1CCNCC1C(=O)O. The Kier molecular flexibility index (Phi) is 2.65. The Bertz CT molecular complexity index is 292. The number of carbonyl (C=O) groups is 2. The lowest BCUT2D eigenvalue weighted by Crippen LogP contribution is -2.57. The fourth-order valence-corrected chi connectivity index (χ4v) is 2.07. The molecule has 1 saturated heterocycles. The molecule has 2 rings (SSSR count). The van der Waals surface area contributed by atoms with Crippen LogP contribution in [0.5, 0.6) is 0 Å². The third-order valence-corrected chi connectivity index (χ3v) is 3.24. The molecule has 3 atom stereocenters. The zero-order chi connectivity index (χ0) is 11.0. The average molecular weight is 212 g/mol. The minimum atomic E-state index is -0.913. The Morgan fingerprint density at radius 1 is 1.47 bits per heavy atom. The van der Waals surface area contributed by atoms with Gasteiger partial charge in [-0.05, 0) is 12.3 Å². The fourth-order valence-electron chi connectivity index (χ4n) is 2.07. The number of nitrogens with one attached hydrogen (secondary N) is 1. The van der Waals surface area contributed by atoms with E-state index in [4.69, 9.17) is 5.11 Å². The molecule has 2 N–H and O–H groups in total. The van der Waals surface area contributed by atoms with Crippen molar-refractivity contribution in [3.05, 3.63) is 0 Å². The molecule has 0 bridgehead atoms. The lowest BCUT2D eigenvalue weighted by Gasteiger charge is -2.33. The molecule has 2 aliphatic rings. The number of nitrogens with zero attached hydrogens (tertiary/aromatic N) is 1. The number of carboxylic acids is 1. The molecule has 2 fully saturated rings. The summed E-state index contributed by atoms with van der Waals surface area (Å²) < 4.78 is 0. The first-order valence-corrected chi connectivity index (χ1v) is 5.35. The minimum absolute atomic E-state index is 0.0244. The summed E-state index contributed by atoms with van der Waals surface area (Å²) in [5.74, 6) is -0.382. The summed E-state index contributed by atoms with van der Waals surface area (Å²) in [4.78, 5) is 24.4. The van der Waals surface area contributed by atoms with Crippen LogP contribution in [0.3, 0.4) is 0 Å². The standard InChI is InChI=1S/C10H16N2O3/c1-6-4-7(6)9(13)12-3-2-11-5-8(12)10(14)15/h6-8,11H,2-5H2,1H3,(H,14,15). The van der Waals surface area contributed by atoms with E-state index < -0.39 is 12.0 Å². The molecule has 1 aliphatic heterocycles. The number of aliphatic carboxylic acids is 1. The fraction of sp³-hybridized carbons (Fsp3) is 0.800. The summed E-state index contributed by atoms with van der Waals surface area (Å²) >= 11 is 0. The van der Waals surface area contributed by atoms with E-state index in [2.05, 4.69) is 5.32 Å². The number of carboxylic acid groups (broad SMARTS) is 1. The van der Waals surface area contributed by atoms with Gasteiger partial charge in [0, 0.05) is 25.6 Å². The van der Waals surface area contributed by atoms with Crippen molar-refractivity contribution in [1.29, 1.82) is 0 Å². The van der Waals surface area contributed by atoms with Crippen LogP contribution in [0.15, 0.2) is 0 Å². The zero-order valence-electron chi connectivity index (χ0n) is 8.77. The molecule has 1 aliphatic carbocycles. The second-order valence-electron chi connectivity index (χ2n) is 4.41. The molecule has 1 amide bonds. The van der Waals surface area contributed by atoms with Gasteiger partial charge in [-0.15, -0.1) is 0 Å². The van der Waals surface area contributed by atoms with E-state index in [9.17, 15) is 9.59 Å². The Balaban J connectivity index is 2.04. The highest BCUT2D eigenvalue weighted by Gasteiger charge is 2.44. The topological polar surface area (TPSA) is 69.6 Å². The molecule has 5 heteroatoms. The number of hydrogen-bond donors (Lipinski definition) is 2. The van der Waals surface area contributed by atoms with Gasteiger partial charge in [-0.1, -0.05) is 6.92 Å². The maximum absolute atomic E-state index is 11.9. The summed E-state index contributed by atoms with van der Waals surface area (Å²) in [6.45, 7) is 3.60. The van der Waals surface area contributed by atoms with Gasteiger partial charge in [0.15, 0.2) is 0 Å². The second kappa shape index (κ2) is 3.81. The average Bonchev–Trinajstić information content (AvgIpc) is 2.94. The summed E-state index contributed by atoms with van der Waals surface area (Å²) in [5.41, 5.74) is 0. The van der Waals surface area contributed by atoms with E-state index >= 15 is 0 Å². The van der Waals surface area contributed by atoms with Crippen molar-refractivity contribution in [2.24, 2.45) is 11.8 Å². The van der Waals surface area contributed by atoms with Crippen molar-refractivity contribution in [3.63, 3.8) is 0 Å². The number of rotatable bonds is 2. The van der Waals surface area contributed by atoms with Gasteiger partial charge in [0.1, 0.15) is 6.04 Å². The quantitative estimate of drug-likeness (QED) is 0.649. The number of amides is 1. The van der Waals surface area contributed by atoms with Gasteiger partial charge < -0.3 is 15.3 Å². The molecule has 0 radical (unpaired) electrons. The second-order valence-corrected chi connectivity index (χ2v) is 4.41. The van der Waals surface area contributed by atoms with Crippen molar-refractivity contribution in [3.8, 4) is 0 Å². The van der Waals surface area contributed by atoms with E-state index in [0.717, 1.165) is 6.42 Å². The molecule has 15 heavy (non-hydrogen) atoms. The number of piperazine rings is 1. The molecule has 0 aromatic carbocycles. The molecule has 84 valence electrons. The zero-order valence-corrected chi connectivity index (χ0v) is 8.77. The smallest absolute Gasteiger partial charge is 0.327 e. The molecule has 3 unspecified atom stereocenters. The summed E-state index contributed by atoms with van der Waals surface area (Å²) in [6.07, 6.45) is 0.912. The van der Waals surface area contributed by atoms with Crippen LogP contribution in [-0.2, 0) is 9.59 Å². The van der Waals surface area contributed by atoms with E-state index in [0.29, 0.717) is 25.6 Å². The van der Waals surface area contributed by atoms with E-state index in [1.807, 2.05) is 6.92 Å². The third-order valence-electron chi connectivity index (χ3n) is 3.24. The van der Waals surface area contributed by atoms with Crippen molar-refractivity contribution in [2.75, 3.05) is 19.6 Å². The van der Waals surface area contributed by atoms with E-state index in [1.54, 1.807) is 0 Å². The summed E-state index contributed by atoms with van der Waals surface area (Å²) in [5, 5.41) is 12.0. The summed E-state index contributed by atoms with van der Waals surface area (Å²) in [7, 11) is 0. The van der Waals surface area contributed by atoms with Gasteiger partial charge in [-0.25, -0.2) is 4.79 Å². The normalized spacial score (nSPS) is 35.0. The molecule has 1 heterocycles. The number of carbonyl (C=O) groups excluding carboxylic acids is 1. The Labute approximate surface area is 88.4 Å². The predicted molar refractivity (Wildman–Crippen MR) is 53.3 cm³/mol. The van der Waals surface area contributed by atoms with Gasteiger partial charge in [0.2, 0.25) is 5.91 Å². The highest BCUT2D eigenvalue weighted by molar-refractivity contribution is 5.87. The molecule has 0 aromatic heterocycles.